The van der Waals surface area contributed by atoms with Crippen molar-refractivity contribution < 1.29 is 17.2 Å². The summed E-state index contributed by atoms with van der Waals surface area (Å²) in [6, 6.07) is 4.55. The molecular formula is C14H14F2N4O2S. The van der Waals surface area contributed by atoms with Gasteiger partial charge < -0.3 is 4.57 Å². The lowest BCUT2D eigenvalue weighted by Gasteiger charge is -2.08. The molecule has 2 aromatic heterocycles. The molecule has 3 rings (SSSR count). The van der Waals surface area contributed by atoms with Crippen molar-refractivity contribution in [2.75, 3.05) is 6.54 Å². The first kappa shape index (κ1) is 15.6. The van der Waals surface area contributed by atoms with Crippen LogP contribution in [0.25, 0.3) is 5.65 Å². The summed E-state index contributed by atoms with van der Waals surface area (Å²) in [5.41, 5.74) is 0.636. The zero-order valence-corrected chi connectivity index (χ0v) is 12.8. The Labute approximate surface area is 131 Å². The van der Waals surface area contributed by atoms with Crippen LogP contribution in [-0.2, 0) is 22.3 Å². The van der Waals surface area contributed by atoms with Crippen molar-refractivity contribution in [3.8, 4) is 0 Å². The van der Waals surface area contributed by atoms with E-state index in [0.29, 0.717) is 6.54 Å². The minimum Gasteiger partial charge on any atom is -0.330 e. The minimum absolute atomic E-state index is 0.134. The fraction of sp³-hybridized carbons (Fsp3) is 0.214. The quantitative estimate of drug-likeness (QED) is 0.740. The number of rotatable bonds is 6. The summed E-state index contributed by atoms with van der Waals surface area (Å²) in [4.78, 5) is 0. The molecule has 0 saturated heterocycles. The number of benzene rings is 1. The van der Waals surface area contributed by atoms with Gasteiger partial charge in [-0.3, -0.25) is 0 Å². The van der Waals surface area contributed by atoms with E-state index in [1.165, 1.54) is 0 Å². The van der Waals surface area contributed by atoms with Crippen molar-refractivity contribution >= 4 is 15.7 Å². The van der Waals surface area contributed by atoms with Crippen LogP contribution >= 0.6 is 0 Å². The molecule has 0 aliphatic carbocycles. The van der Waals surface area contributed by atoms with Gasteiger partial charge in [-0.15, -0.1) is 0 Å². The van der Waals surface area contributed by atoms with E-state index in [0.717, 1.165) is 23.8 Å². The lowest BCUT2D eigenvalue weighted by atomic mass is 10.2. The van der Waals surface area contributed by atoms with Crippen LogP contribution in [0.15, 0.2) is 42.9 Å². The third-order valence-corrected chi connectivity index (χ3v) is 4.69. The summed E-state index contributed by atoms with van der Waals surface area (Å²) < 4.78 is 56.4. The van der Waals surface area contributed by atoms with Crippen LogP contribution in [0.2, 0.25) is 0 Å². The van der Waals surface area contributed by atoms with Gasteiger partial charge in [0.15, 0.2) is 0 Å². The predicted octanol–water partition coefficient (Wildman–Crippen LogP) is 1.53. The van der Waals surface area contributed by atoms with Crippen molar-refractivity contribution in [2.24, 2.45) is 0 Å². The van der Waals surface area contributed by atoms with E-state index in [9.17, 15) is 17.2 Å². The van der Waals surface area contributed by atoms with Gasteiger partial charge in [-0.25, -0.2) is 26.4 Å². The number of hydrogen-bond acceptors (Lipinski definition) is 3. The second-order valence-electron chi connectivity index (χ2n) is 5.01. The number of hydrogen-bond donors (Lipinski definition) is 1. The highest BCUT2D eigenvalue weighted by molar-refractivity contribution is 7.88. The third kappa shape index (κ3) is 3.57. The van der Waals surface area contributed by atoms with Crippen LogP contribution in [0.5, 0.6) is 0 Å². The maximum absolute atomic E-state index is 13.5. The Morgan fingerprint density at radius 2 is 2.00 bits per heavy atom. The summed E-state index contributed by atoms with van der Waals surface area (Å²) in [5.74, 6) is -2.03. The van der Waals surface area contributed by atoms with E-state index in [-0.39, 0.29) is 12.1 Å². The second kappa shape index (κ2) is 6.09. The highest BCUT2D eigenvalue weighted by Gasteiger charge is 2.15. The summed E-state index contributed by atoms with van der Waals surface area (Å²) in [5, 5.41) is 4.05. The Morgan fingerprint density at radius 1 is 1.17 bits per heavy atom. The summed E-state index contributed by atoms with van der Waals surface area (Å²) in [6.45, 7) is 0.530. The summed E-state index contributed by atoms with van der Waals surface area (Å²) in [7, 11) is -3.76. The maximum atomic E-state index is 13.5. The van der Waals surface area contributed by atoms with E-state index in [4.69, 9.17) is 0 Å². The van der Waals surface area contributed by atoms with Crippen molar-refractivity contribution in [3.05, 3.63) is 60.1 Å². The molecule has 6 nitrogen and oxygen atoms in total. The Balaban J connectivity index is 1.63. The molecule has 0 unspecified atom stereocenters. The molecule has 1 N–H and O–H groups in total. The SMILES string of the molecule is O=S(=O)(Cc1cc(F)ccc1F)NCCn1ccn2nccc12. The van der Waals surface area contributed by atoms with Crippen molar-refractivity contribution in [1.82, 2.24) is 18.9 Å². The molecule has 0 aliphatic heterocycles. The monoisotopic (exact) mass is 340 g/mol. The molecule has 0 amide bonds. The molecule has 0 fully saturated rings. The first-order valence-electron chi connectivity index (χ1n) is 6.84. The number of fused-ring (bicyclic) bond motifs is 1. The fourth-order valence-corrected chi connectivity index (χ4v) is 3.42. The largest absolute Gasteiger partial charge is 0.330 e. The van der Waals surface area contributed by atoms with Crippen LogP contribution in [0.3, 0.4) is 0 Å². The van der Waals surface area contributed by atoms with Gasteiger partial charge in [0.25, 0.3) is 0 Å². The van der Waals surface area contributed by atoms with Crippen LogP contribution < -0.4 is 4.72 Å². The average molecular weight is 340 g/mol. The highest BCUT2D eigenvalue weighted by Crippen LogP contribution is 2.12. The second-order valence-corrected chi connectivity index (χ2v) is 6.82. The maximum Gasteiger partial charge on any atom is 0.215 e. The first-order chi connectivity index (χ1) is 10.9. The Morgan fingerprint density at radius 3 is 2.83 bits per heavy atom. The van der Waals surface area contributed by atoms with E-state index < -0.39 is 27.4 Å². The van der Waals surface area contributed by atoms with Crippen LogP contribution in [0.1, 0.15) is 5.56 Å². The van der Waals surface area contributed by atoms with Crippen LogP contribution in [-0.4, -0.2) is 29.1 Å². The van der Waals surface area contributed by atoms with Crippen molar-refractivity contribution in [2.45, 2.75) is 12.3 Å². The molecule has 0 spiro atoms. The standard InChI is InChI=1S/C14H14F2N4O2S/c15-12-1-2-13(16)11(9-12)10-23(21,22)18-5-6-19-7-8-20-14(19)3-4-17-20/h1-4,7-9,18H,5-6,10H2. The molecule has 1 aromatic carbocycles. The Kier molecular flexibility index (Phi) is 4.14. The molecule has 0 aliphatic rings. The molecule has 9 heteroatoms. The molecule has 2 heterocycles. The number of nitrogens with one attached hydrogen (secondary N) is 1. The van der Waals surface area contributed by atoms with Gasteiger partial charge in [0.05, 0.1) is 11.9 Å². The van der Waals surface area contributed by atoms with E-state index in [2.05, 4.69) is 9.82 Å². The smallest absolute Gasteiger partial charge is 0.215 e. The van der Waals surface area contributed by atoms with Gasteiger partial charge in [0.2, 0.25) is 10.0 Å². The van der Waals surface area contributed by atoms with Crippen LogP contribution in [0.4, 0.5) is 8.78 Å². The number of nitrogens with zero attached hydrogens (tertiary/aromatic N) is 3. The first-order valence-corrected chi connectivity index (χ1v) is 8.49. The van der Waals surface area contributed by atoms with Gasteiger partial charge in [0, 0.05) is 37.1 Å². The number of imidazole rings is 1. The molecule has 0 saturated carbocycles. The third-order valence-electron chi connectivity index (χ3n) is 3.36. The minimum atomic E-state index is -3.76. The van der Waals surface area contributed by atoms with Crippen molar-refractivity contribution in [3.63, 3.8) is 0 Å². The Hall–Kier alpha value is -2.26. The molecule has 0 radical (unpaired) electrons. The zero-order valence-electron chi connectivity index (χ0n) is 12.0. The van der Waals surface area contributed by atoms with Crippen molar-refractivity contribution in [1.29, 1.82) is 0 Å². The summed E-state index contributed by atoms with van der Waals surface area (Å²) >= 11 is 0. The van der Waals surface area contributed by atoms with E-state index in [1.807, 2.05) is 4.57 Å². The lowest BCUT2D eigenvalue weighted by Crippen LogP contribution is -2.28. The average Bonchev–Trinajstić information content (AvgIpc) is 3.07. The number of halogens is 2. The highest BCUT2D eigenvalue weighted by atomic mass is 32.2. The lowest BCUT2D eigenvalue weighted by molar-refractivity contribution is 0.565. The van der Waals surface area contributed by atoms with Gasteiger partial charge in [0.1, 0.15) is 17.3 Å². The van der Waals surface area contributed by atoms with Gasteiger partial charge in [-0.1, -0.05) is 0 Å². The molecule has 0 atom stereocenters. The molecule has 122 valence electrons. The topological polar surface area (TPSA) is 68.4 Å². The molecule has 0 bridgehead atoms. The normalized spacial score (nSPS) is 12.1. The van der Waals surface area contributed by atoms with Gasteiger partial charge >= 0.3 is 0 Å². The Bertz CT molecular complexity index is 933. The van der Waals surface area contributed by atoms with E-state index in [1.54, 1.807) is 29.2 Å². The van der Waals surface area contributed by atoms with Gasteiger partial charge in [-0.05, 0) is 18.2 Å². The number of sulfonamides is 1. The fourth-order valence-electron chi connectivity index (χ4n) is 2.29. The van der Waals surface area contributed by atoms with Crippen LogP contribution in [0, 0.1) is 11.6 Å². The predicted molar refractivity (Wildman–Crippen MR) is 80.2 cm³/mol. The molecule has 23 heavy (non-hydrogen) atoms. The number of aromatic nitrogens is 3. The molecule has 3 aromatic rings. The van der Waals surface area contributed by atoms with Gasteiger partial charge in [-0.2, -0.15) is 5.10 Å². The van der Waals surface area contributed by atoms with E-state index >= 15 is 0 Å². The summed E-state index contributed by atoms with van der Waals surface area (Å²) in [6.07, 6.45) is 5.18. The zero-order chi connectivity index (χ0) is 16.4. The molecular weight excluding hydrogens is 326 g/mol.